The average Bonchev–Trinajstić information content (AvgIpc) is 3.44. The van der Waals surface area contributed by atoms with E-state index in [0.717, 1.165) is 68.8 Å². The molecule has 2 aromatic rings. The van der Waals surface area contributed by atoms with Gasteiger partial charge in [-0.05, 0) is 37.3 Å². The molecule has 5 rings (SSSR count). The van der Waals surface area contributed by atoms with Crippen molar-refractivity contribution in [2.45, 2.75) is 70.0 Å². The van der Waals surface area contributed by atoms with Crippen LogP contribution < -0.4 is 0 Å². The molecular formula is C22H30N6O. The van der Waals surface area contributed by atoms with Crippen molar-refractivity contribution in [2.75, 3.05) is 19.6 Å². The van der Waals surface area contributed by atoms with E-state index in [1.807, 2.05) is 17.0 Å². The van der Waals surface area contributed by atoms with E-state index in [2.05, 4.69) is 24.6 Å². The molecule has 2 fully saturated rings. The lowest BCUT2D eigenvalue weighted by Gasteiger charge is -2.35. The number of pyridine rings is 1. The Hall–Kier alpha value is -2.28. The summed E-state index contributed by atoms with van der Waals surface area (Å²) in [6.07, 6.45) is 11.5. The molecule has 7 nitrogen and oxygen atoms in total. The van der Waals surface area contributed by atoms with Crippen LogP contribution in [-0.4, -0.2) is 61.1 Å². The predicted molar refractivity (Wildman–Crippen MR) is 109 cm³/mol. The number of carbonyl (C=O) groups is 1. The quantitative estimate of drug-likeness (QED) is 0.797. The van der Waals surface area contributed by atoms with Gasteiger partial charge in [0.1, 0.15) is 11.6 Å². The molecule has 0 spiro atoms. The van der Waals surface area contributed by atoms with E-state index in [9.17, 15) is 4.79 Å². The van der Waals surface area contributed by atoms with Gasteiger partial charge in [-0.1, -0.05) is 18.9 Å². The summed E-state index contributed by atoms with van der Waals surface area (Å²) in [6.45, 7) is 4.59. The van der Waals surface area contributed by atoms with Gasteiger partial charge in [0.25, 0.3) is 0 Å². The first kappa shape index (κ1) is 18.7. The van der Waals surface area contributed by atoms with Crippen LogP contribution in [0.25, 0.3) is 0 Å². The van der Waals surface area contributed by atoms with Crippen LogP contribution in [0.1, 0.15) is 61.7 Å². The van der Waals surface area contributed by atoms with E-state index in [1.165, 1.54) is 25.7 Å². The largest absolute Gasteiger partial charge is 0.342 e. The summed E-state index contributed by atoms with van der Waals surface area (Å²) in [5, 5.41) is 9.15. The smallest absolute Gasteiger partial charge is 0.227 e. The fourth-order valence-electron chi connectivity index (χ4n) is 5.29. The number of amides is 1. The number of piperidine rings is 1. The zero-order chi connectivity index (χ0) is 19.6. The molecule has 4 heterocycles. The highest BCUT2D eigenvalue weighted by molar-refractivity contribution is 5.78. The van der Waals surface area contributed by atoms with Gasteiger partial charge in [0.05, 0.1) is 13.0 Å². The molecule has 1 saturated heterocycles. The molecule has 1 atom stereocenters. The van der Waals surface area contributed by atoms with Crippen LogP contribution in [0.15, 0.2) is 24.5 Å². The van der Waals surface area contributed by atoms with Gasteiger partial charge in [0, 0.05) is 50.5 Å². The maximum atomic E-state index is 12.8. The predicted octanol–water partition coefficient (Wildman–Crippen LogP) is 2.38. The van der Waals surface area contributed by atoms with Crippen molar-refractivity contribution in [1.82, 2.24) is 29.5 Å². The summed E-state index contributed by atoms with van der Waals surface area (Å²) in [5.41, 5.74) is 0.978. The van der Waals surface area contributed by atoms with E-state index < -0.39 is 0 Å². The van der Waals surface area contributed by atoms with Gasteiger partial charge < -0.3 is 9.47 Å². The molecule has 1 unspecified atom stereocenters. The minimum Gasteiger partial charge on any atom is -0.342 e. The Bertz CT molecular complexity index is 844. The number of hydrogen-bond donors (Lipinski definition) is 0. The fourth-order valence-corrected chi connectivity index (χ4v) is 5.29. The SMILES string of the molecule is O=C(Cc1cccnc1)N1CCCC(c2nnc3n2CCN(C2CCCC2)C3)C1. The zero-order valence-corrected chi connectivity index (χ0v) is 17.0. The minimum absolute atomic E-state index is 0.188. The maximum absolute atomic E-state index is 12.8. The number of aromatic nitrogens is 4. The maximum Gasteiger partial charge on any atom is 0.227 e. The second-order valence-corrected chi connectivity index (χ2v) is 8.75. The molecule has 7 heteroatoms. The molecule has 3 aliphatic rings. The van der Waals surface area contributed by atoms with Crippen LogP contribution in [0, 0.1) is 0 Å². The van der Waals surface area contributed by atoms with Gasteiger partial charge in [-0.3, -0.25) is 14.7 Å². The van der Waals surface area contributed by atoms with Crippen LogP contribution in [0.3, 0.4) is 0 Å². The standard InChI is InChI=1S/C22H30N6O/c29-21(13-17-5-3-9-23-14-17)27-10-4-6-18(15-27)22-25-24-20-16-26(11-12-28(20)22)19-7-1-2-8-19/h3,5,9,14,18-19H,1-2,4,6-8,10-13,15-16H2. The molecule has 0 bridgehead atoms. The van der Waals surface area contributed by atoms with Crippen molar-refractivity contribution in [3.05, 3.63) is 41.7 Å². The molecule has 154 valence electrons. The summed E-state index contributed by atoms with van der Waals surface area (Å²) < 4.78 is 2.34. The lowest BCUT2D eigenvalue weighted by atomic mass is 9.96. The molecule has 0 N–H and O–H groups in total. The lowest BCUT2D eigenvalue weighted by Crippen LogP contribution is -2.42. The molecule has 1 saturated carbocycles. The van der Waals surface area contributed by atoms with Crippen molar-refractivity contribution in [3.63, 3.8) is 0 Å². The Morgan fingerprint density at radius 2 is 1.97 bits per heavy atom. The molecule has 2 aromatic heterocycles. The topological polar surface area (TPSA) is 67.2 Å². The summed E-state index contributed by atoms with van der Waals surface area (Å²) in [4.78, 5) is 21.5. The fraction of sp³-hybridized carbons (Fsp3) is 0.636. The number of hydrogen-bond acceptors (Lipinski definition) is 5. The zero-order valence-electron chi connectivity index (χ0n) is 17.0. The normalized spacial score (nSPS) is 23.3. The Morgan fingerprint density at radius 3 is 2.79 bits per heavy atom. The molecule has 2 aliphatic heterocycles. The lowest BCUT2D eigenvalue weighted by molar-refractivity contribution is -0.131. The Labute approximate surface area is 172 Å². The molecule has 29 heavy (non-hydrogen) atoms. The first-order chi connectivity index (χ1) is 14.3. The summed E-state index contributed by atoms with van der Waals surface area (Å²) in [6, 6.07) is 4.59. The highest BCUT2D eigenvalue weighted by atomic mass is 16.2. The van der Waals surface area contributed by atoms with Crippen molar-refractivity contribution in [1.29, 1.82) is 0 Å². The van der Waals surface area contributed by atoms with Crippen molar-refractivity contribution in [2.24, 2.45) is 0 Å². The number of carbonyl (C=O) groups excluding carboxylic acids is 1. The second-order valence-electron chi connectivity index (χ2n) is 8.75. The average molecular weight is 395 g/mol. The molecule has 1 amide bonds. The Morgan fingerprint density at radius 1 is 1.07 bits per heavy atom. The summed E-state index contributed by atoms with van der Waals surface area (Å²) in [5.74, 6) is 2.68. The highest BCUT2D eigenvalue weighted by Crippen LogP contribution is 2.30. The third-order valence-electron chi connectivity index (χ3n) is 6.87. The van der Waals surface area contributed by atoms with Gasteiger partial charge in [-0.15, -0.1) is 10.2 Å². The first-order valence-corrected chi connectivity index (χ1v) is 11.1. The van der Waals surface area contributed by atoms with Crippen LogP contribution in [0.5, 0.6) is 0 Å². The number of nitrogens with zero attached hydrogens (tertiary/aromatic N) is 6. The van der Waals surface area contributed by atoms with Crippen molar-refractivity contribution >= 4 is 5.91 Å². The summed E-state index contributed by atoms with van der Waals surface area (Å²) in [7, 11) is 0. The third kappa shape index (κ3) is 3.92. The van der Waals surface area contributed by atoms with Crippen LogP contribution >= 0.6 is 0 Å². The van der Waals surface area contributed by atoms with E-state index in [1.54, 1.807) is 12.4 Å². The summed E-state index contributed by atoms with van der Waals surface area (Å²) >= 11 is 0. The first-order valence-electron chi connectivity index (χ1n) is 11.1. The van der Waals surface area contributed by atoms with Crippen LogP contribution in [-0.2, 0) is 24.3 Å². The Balaban J connectivity index is 1.25. The molecule has 1 aliphatic carbocycles. The van der Waals surface area contributed by atoms with E-state index in [0.29, 0.717) is 12.3 Å². The van der Waals surface area contributed by atoms with E-state index in [-0.39, 0.29) is 5.91 Å². The van der Waals surface area contributed by atoms with E-state index >= 15 is 0 Å². The number of fused-ring (bicyclic) bond motifs is 1. The third-order valence-corrected chi connectivity index (χ3v) is 6.87. The second kappa shape index (κ2) is 8.22. The minimum atomic E-state index is 0.188. The molecule has 0 radical (unpaired) electrons. The van der Waals surface area contributed by atoms with Gasteiger partial charge in [0.2, 0.25) is 5.91 Å². The van der Waals surface area contributed by atoms with Crippen molar-refractivity contribution < 1.29 is 4.79 Å². The van der Waals surface area contributed by atoms with Gasteiger partial charge >= 0.3 is 0 Å². The molecular weight excluding hydrogens is 364 g/mol. The highest BCUT2D eigenvalue weighted by Gasteiger charge is 2.32. The van der Waals surface area contributed by atoms with Gasteiger partial charge in [-0.25, -0.2) is 0 Å². The Kier molecular flexibility index (Phi) is 5.31. The van der Waals surface area contributed by atoms with Gasteiger partial charge in [-0.2, -0.15) is 0 Å². The monoisotopic (exact) mass is 394 g/mol. The van der Waals surface area contributed by atoms with E-state index in [4.69, 9.17) is 0 Å². The van der Waals surface area contributed by atoms with Gasteiger partial charge in [0.15, 0.2) is 0 Å². The number of rotatable bonds is 4. The van der Waals surface area contributed by atoms with Crippen LogP contribution in [0.2, 0.25) is 0 Å². The van der Waals surface area contributed by atoms with Crippen LogP contribution in [0.4, 0.5) is 0 Å². The van der Waals surface area contributed by atoms with Crippen molar-refractivity contribution in [3.8, 4) is 0 Å². The molecule has 0 aromatic carbocycles. The number of likely N-dealkylation sites (tertiary alicyclic amines) is 1.